The van der Waals surface area contributed by atoms with Crippen LogP contribution < -0.4 is 0 Å². The fourth-order valence-corrected chi connectivity index (χ4v) is 8.21. The first kappa shape index (κ1) is 24.1. The molecule has 0 amide bonds. The van der Waals surface area contributed by atoms with Crippen molar-refractivity contribution in [3.8, 4) is 0 Å². The predicted octanol–water partition coefficient (Wildman–Crippen LogP) is 7.34. The summed E-state index contributed by atoms with van der Waals surface area (Å²) in [4.78, 5) is 12.1. The van der Waals surface area contributed by atoms with Crippen molar-refractivity contribution < 1.29 is 32.9 Å². The van der Waals surface area contributed by atoms with Crippen LogP contribution in [-0.4, -0.2) is 23.1 Å². The van der Waals surface area contributed by atoms with E-state index >= 15 is 0 Å². The summed E-state index contributed by atoms with van der Waals surface area (Å²) in [7, 11) is 0. The van der Waals surface area contributed by atoms with E-state index in [0.717, 1.165) is 38.5 Å². The largest absolute Gasteiger partial charge is 0.460 e. The van der Waals surface area contributed by atoms with E-state index in [-0.39, 0.29) is 17.4 Å². The van der Waals surface area contributed by atoms with Gasteiger partial charge in [-0.05, 0) is 108 Å². The van der Waals surface area contributed by atoms with Crippen LogP contribution in [0.5, 0.6) is 0 Å². The number of rotatable bonds is 7. The first-order valence-corrected chi connectivity index (χ1v) is 13.1. The SMILES string of the molecule is Cc1ccc(C23CC4CC(CC(COC(=O)C(F)(F)SOOO)(C4)C2)C3)c2cc3ccccc3cc12. The molecule has 0 spiro atoms. The highest BCUT2D eigenvalue weighted by Crippen LogP contribution is 2.66. The monoisotopic (exact) mass is 514 g/mol. The van der Waals surface area contributed by atoms with Crippen molar-refractivity contribution in [2.24, 2.45) is 17.3 Å². The zero-order chi connectivity index (χ0) is 25.1. The lowest BCUT2D eigenvalue weighted by molar-refractivity contribution is -0.433. The number of hydrogen-bond donors (Lipinski definition) is 1. The fraction of sp³-hybridized carbons (Fsp3) is 0.464. The molecule has 4 fully saturated rings. The Morgan fingerprint density at radius 3 is 2.39 bits per heavy atom. The zero-order valence-electron chi connectivity index (χ0n) is 20.0. The van der Waals surface area contributed by atoms with Crippen LogP contribution in [-0.2, 0) is 24.3 Å². The number of benzene rings is 3. The minimum absolute atomic E-state index is 0.0383. The summed E-state index contributed by atoms with van der Waals surface area (Å²) < 4.78 is 37.0. The van der Waals surface area contributed by atoms with Crippen molar-refractivity contribution in [3.63, 3.8) is 0 Å². The quantitative estimate of drug-likeness (QED) is 0.117. The maximum absolute atomic E-state index is 14.0. The average Bonchev–Trinajstić information content (AvgIpc) is 2.84. The third-order valence-electron chi connectivity index (χ3n) is 8.77. The molecule has 2 unspecified atom stereocenters. The summed E-state index contributed by atoms with van der Waals surface area (Å²) in [6.45, 7) is 2.11. The Labute approximate surface area is 212 Å². The predicted molar refractivity (Wildman–Crippen MR) is 133 cm³/mol. The van der Waals surface area contributed by atoms with E-state index in [2.05, 4.69) is 64.8 Å². The van der Waals surface area contributed by atoms with Gasteiger partial charge >= 0.3 is 11.2 Å². The first-order chi connectivity index (χ1) is 17.2. The molecule has 3 aromatic rings. The maximum atomic E-state index is 14.0. The number of halogens is 2. The average molecular weight is 515 g/mol. The number of fused-ring (bicyclic) bond motifs is 2. The summed E-state index contributed by atoms with van der Waals surface area (Å²) >= 11 is -0.577. The number of carbonyl (C=O) groups is 1. The van der Waals surface area contributed by atoms with Crippen molar-refractivity contribution in [1.29, 1.82) is 0 Å². The second kappa shape index (κ2) is 8.65. The van der Waals surface area contributed by atoms with Gasteiger partial charge in [0.15, 0.2) is 0 Å². The highest BCUT2D eigenvalue weighted by molar-refractivity contribution is 7.96. The molecule has 4 aliphatic rings. The van der Waals surface area contributed by atoms with Gasteiger partial charge in [-0.3, -0.25) is 0 Å². The molecule has 0 aliphatic heterocycles. The molecule has 190 valence electrons. The van der Waals surface area contributed by atoms with Crippen LogP contribution in [0.3, 0.4) is 0 Å². The maximum Gasteiger partial charge on any atom is 0.415 e. The molecule has 2 atom stereocenters. The molecule has 5 nitrogen and oxygen atoms in total. The molecule has 7 rings (SSSR count). The van der Waals surface area contributed by atoms with E-state index in [1.807, 2.05) is 0 Å². The summed E-state index contributed by atoms with van der Waals surface area (Å²) in [5.41, 5.74) is 2.20. The van der Waals surface area contributed by atoms with Crippen LogP contribution >= 0.6 is 12.0 Å². The smallest absolute Gasteiger partial charge is 0.415 e. The number of carbonyl (C=O) groups excluding carboxylic acids is 1. The van der Waals surface area contributed by atoms with Crippen molar-refractivity contribution in [2.45, 2.75) is 56.1 Å². The summed E-state index contributed by atoms with van der Waals surface area (Å²) in [5, 5.41) is 12.3. The van der Waals surface area contributed by atoms with Gasteiger partial charge in [-0.2, -0.15) is 8.78 Å². The van der Waals surface area contributed by atoms with E-state index in [0.29, 0.717) is 11.8 Å². The Hall–Kier alpha value is -2.26. The topological polar surface area (TPSA) is 65.0 Å². The van der Waals surface area contributed by atoms with Gasteiger partial charge in [0.2, 0.25) is 0 Å². The van der Waals surface area contributed by atoms with Crippen LogP contribution in [0.1, 0.15) is 49.7 Å². The minimum atomic E-state index is -3.98. The van der Waals surface area contributed by atoms with E-state index in [1.165, 1.54) is 32.7 Å². The Balaban J connectivity index is 1.35. The van der Waals surface area contributed by atoms with Gasteiger partial charge in [-0.1, -0.05) is 41.4 Å². The number of ether oxygens (including phenoxy) is 1. The Morgan fingerprint density at radius 1 is 1.06 bits per heavy atom. The summed E-state index contributed by atoms with van der Waals surface area (Å²) in [5.74, 6) is -0.702. The van der Waals surface area contributed by atoms with E-state index in [4.69, 9.17) is 9.99 Å². The number of hydrogen-bond acceptors (Lipinski definition) is 6. The highest BCUT2D eigenvalue weighted by Gasteiger charge is 2.59. The van der Waals surface area contributed by atoms with Crippen molar-refractivity contribution in [3.05, 3.63) is 59.7 Å². The van der Waals surface area contributed by atoms with Gasteiger partial charge in [-0.15, -0.1) is 4.33 Å². The molecule has 3 aromatic carbocycles. The molecule has 1 N–H and O–H groups in total. The highest BCUT2D eigenvalue weighted by atomic mass is 32.2. The van der Waals surface area contributed by atoms with Gasteiger partial charge in [0.25, 0.3) is 0 Å². The molecule has 4 bridgehead atoms. The molecular formula is C28H28F2O5S. The minimum Gasteiger partial charge on any atom is -0.460 e. The molecule has 0 saturated heterocycles. The molecule has 4 aliphatic carbocycles. The first-order valence-electron chi connectivity index (χ1n) is 12.4. The summed E-state index contributed by atoms with van der Waals surface area (Å²) in [6.07, 6.45) is 5.91. The van der Waals surface area contributed by atoms with Gasteiger partial charge in [-0.25, -0.2) is 10.1 Å². The fourth-order valence-electron chi connectivity index (χ4n) is 7.97. The summed E-state index contributed by atoms with van der Waals surface area (Å²) in [6, 6.07) is 17.5. The van der Waals surface area contributed by atoms with Crippen LogP contribution in [0.2, 0.25) is 0 Å². The number of alkyl halides is 2. The number of aryl methyl sites for hydroxylation is 1. The van der Waals surface area contributed by atoms with Crippen molar-refractivity contribution >= 4 is 39.6 Å². The lowest BCUT2D eigenvalue weighted by Crippen LogP contribution is -2.56. The lowest BCUT2D eigenvalue weighted by atomic mass is 9.43. The van der Waals surface area contributed by atoms with Crippen LogP contribution in [0, 0.1) is 24.2 Å². The second-order valence-electron chi connectivity index (χ2n) is 11.2. The normalized spacial score (nSPS) is 29.2. The van der Waals surface area contributed by atoms with Crippen LogP contribution in [0.15, 0.2) is 48.5 Å². The Kier molecular flexibility index (Phi) is 5.79. The van der Waals surface area contributed by atoms with Gasteiger partial charge in [0, 0.05) is 5.41 Å². The van der Waals surface area contributed by atoms with E-state index in [9.17, 15) is 13.6 Å². The molecule has 36 heavy (non-hydrogen) atoms. The third-order valence-corrected chi connectivity index (χ3v) is 9.28. The van der Waals surface area contributed by atoms with Crippen LogP contribution in [0.4, 0.5) is 8.78 Å². The van der Waals surface area contributed by atoms with E-state index in [1.54, 1.807) is 0 Å². The van der Waals surface area contributed by atoms with Crippen LogP contribution in [0.25, 0.3) is 21.5 Å². The Morgan fingerprint density at radius 2 is 1.72 bits per heavy atom. The van der Waals surface area contributed by atoms with Crippen molar-refractivity contribution in [1.82, 2.24) is 0 Å². The number of esters is 1. The lowest BCUT2D eigenvalue weighted by Gasteiger charge is -2.62. The van der Waals surface area contributed by atoms with E-state index < -0.39 is 23.3 Å². The third kappa shape index (κ3) is 3.99. The molecule has 0 heterocycles. The second-order valence-corrected chi connectivity index (χ2v) is 12.1. The van der Waals surface area contributed by atoms with Gasteiger partial charge in [0.1, 0.15) is 12.0 Å². The molecule has 8 heteroatoms. The molecule has 0 radical (unpaired) electrons. The standard InChI is InChI=1S/C28H28F2O5S/c1-17-6-7-24(23-10-21-5-3-2-4-20(21)9-22(17)23)27-13-18-8-19(14-27)12-26(11-18,15-27)16-33-25(31)28(29,30)36-35-34-32/h2-7,9-10,18-19,32H,8,11-16H2,1H3. The molecule has 4 saturated carbocycles. The zero-order valence-corrected chi connectivity index (χ0v) is 20.8. The van der Waals surface area contributed by atoms with Gasteiger partial charge in [0.05, 0.1) is 6.61 Å². The molecule has 0 aromatic heterocycles. The van der Waals surface area contributed by atoms with Crippen molar-refractivity contribution in [2.75, 3.05) is 6.61 Å². The molecular weight excluding hydrogens is 486 g/mol. The Bertz CT molecular complexity index is 1330. The van der Waals surface area contributed by atoms with Gasteiger partial charge < -0.3 is 4.74 Å².